The molecule has 0 amide bonds. The average Bonchev–Trinajstić information content (AvgIpc) is 2.67. The van der Waals surface area contributed by atoms with Gasteiger partial charge in [0.2, 0.25) is 0 Å². The molecular weight excluding hydrogens is 409 g/mol. The Morgan fingerprint density at radius 3 is 2.18 bits per heavy atom. The van der Waals surface area contributed by atoms with E-state index in [-0.39, 0.29) is 25.0 Å². The summed E-state index contributed by atoms with van der Waals surface area (Å²) in [4.78, 5) is 0. The number of hydrogen-bond donors (Lipinski definition) is 0. The van der Waals surface area contributed by atoms with Gasteiger partial charge in [-0.05, 0) is 81.5 Å². The lowest BCUT2D eigenvalue weighted by Gasteiger charge is -2.32. The van der Waals surface area contributed by atoms with Gasteiger partial charge in [-0.15, -0.1) is 11.6 Å². The minimum Gasteiger partial charge on any atom is -0.347 e. The van der Waals surface area contributed by atoms with Crippen molar-refractivity contribution in [3.05, 3.63) is 11.6 Å². The molecule has 0 unspecified atom stereocenters. The molecule has 0 aromatic heterocycles. The summed E-state index contributed by atoms with van der Waals surface area (Å²) in [6, 6.07) is 0. The van der Waals surface area contributed by atoms with E-state index in [0.29, 0.717) is 36.7 Å². The molecule has 3 rings (SSSR count). The third-order valence-corrected chi connectivity index (χ3v) is 8.16. The standard InChI is InChI=1S/C21H32ClF3O2S/c1-14(10-15-2-6-17(7-3-15)21(23,24)25)20-26-11-19(12-27-20)28-13-16-4-8-18(22)9-5-16/h10,15-20H,2-9,11-13H2,1H3/b14-10+. The van der Waals surface area contributed by atoms with E-state index in [2.05, 4.69) is 6.08 Å². The Hall–Kier alpha value is 0.0900. The van der Waals surface area contributed by atoms with E-state index < -0.39 is 12.1 Å². The van der Waals surface area contributed by atoms with Gasteiger partial charge in [0.25, 0.3) is 0 Å². The van der Waals surface area contributed by atoms with Crippen molar-refractivity contribution in [3.63, 3.8) is 0 Å². The molecular formula is C21H32ClF3O2S. The van der Waals surface area contributed by atoms with Crippen LogP contribution < -0.4 is 0 Å². The number of ether oxygens (including phenoxy) is 2. The lowest BCUT2D eigenvalue weighted by atomic mass is 9.81. The normalized spacial score (nSPS) is 38.4. The summed E-state index contributed by atoms with van der Waals surface area (Å²) in [7, 11) is 0. The Labute approximate surface area is 175 Å². The molecule has 0 atom stereocenters. The molecule has 28 heavy (non-hydrogen) atoms. The maximum absolute atomic E-state index is 12.8. The predicted molar refractivity (Wildman–Crippen MR) is 109 cm³/mol. The van der Waals surface area contributed by atoms with Crippen LogP contribution in [0, 0.1) is 17.8 Å². The fraction of sp³-hybridized carbons (Fsp3) is 0.905. The van der Waals surface area contributed by atoms with E-state index in [4.69, 9.17) is 21.1 Å². The molecule has 0 bridgehead atoms. The first kappa shape index (κ1) is 22.8. The van der Waals surface area contributed by atoms with Crippen LogP contribution in [-0.4, -0.2) is 42.1 Å². The van der Waals surface area contributed by atoms with Gasteiger partial charge in [0.15, 0.2) is 6.29 Å². The Morgan fingerprint density at radius 2 is 1.61 bits per heavy atom. The van der Waals surface area contributed by atoms with Crippen LogP contribution in [0.5, 0.6) is 0 Å². The first-order chi connectivity index (χ1) is 13.3. The van der Waals surface area contributed by atoms with Crippen LogP contribution in [0.25, 0.3) is 0 Å². The van der Waals surface area contributed by atoms with Crippen LogP contribution in [-0.2, 0) is 9.47 Å². The second-order valence-electron chi connectivity index (χ2n) is 8.64. The SMILES string of the molecule is C/C(=C\C1CCC(C(F)(F)F)CC1)C1OCC(SCC2CCC(Cl)CC2)CO1. The van der Waals surface area contributed by atoms with Crippen molar-refractivity contribution in [1.82, 2.24) is 0 Å². The van der Waals surface area contributed by atoms with Crippen molar-refractivity contribution in [2.75, 3.05) is 19.0 Å². The summed E-state index contributed by atoms with van der Waals surface area (Å²) in [6.07, 6.45) is 4.03. The van der Waals surface area contributed by atoms with Gasteiger partial charge in [-0.25, -0.2) is 0 Å². The highest BCUT2D eigenvalue weighted by Crippen LogP contribution is 2.40. The molecule has 0 spiro atoms. The summed E-state index contributed by atoms with van der Waals surface area (Å²) < 4.78 is 50.2. The van der Waals surface area contributed by atoms with Crippen LogP contribution >= 0.6 is 23.4 Å². The molecule has 162 valence electrons. The second kappa shape index (κ2) is 10.4. The van der Waals surface area contributed by atoms with Crippen molar-refractivity contribution in [3.8, 4) is 0 Å². The topological polar surface area (TPSA) is 18.5 Å². The molecule has 0 aromatic rings. The molecule has 1 aliphatic heterocycles. The Morgan fingerprint density at radius 1 is 1.00 bits per heavy atom. The number of allylic oxidation sites excluding steroid dienone is 1. The van der Waals surface area contributed by atoms with Crippen molar-refractivity contribution < 1.29 is 22.6 Å². The molecule has 1 heterocycles. The zero-order valence-electron chi connectivity index (χ0n) is 16.6. The molecule has 2 saturated carbocycles. The van der Waals surface area contributed by atoms with Gasteiger partial charge in [-0.3, -0.25) is 0 Å². The minimum atomic E-state index is -4.05. The van der Waals surface area contributed by atoms with Crippen molar-refractivity contribution in [1.29, 1.82) is 0 Å². The summed E-state index contributed by atoms with van der Waals surface area (Å²) in [5.74, 6) is 0.973. The monoisotopic (exact) mass is 440 g/mol. The summed E-state index contributed by atoms with van der Waals surface area (Å²) >= 11 is 8.11. The predicted octanol–water partition coefficient (Wildman–Crippen LogP) is 6.57. The van der Waals surface area contributed by atoms with Crippen LogP contribution in [0.2, 0.25) is 0 Å². The van der Waals surface area contributed by atoms with E-state index in [0.717, 1.165) is 30.1 Å². The minimum absolute atomic E-state index is 0.204. The fourth-order valence-electron chi connectivity index (χ4n) is 4.47. The van der Waals surface area contributed by atoms with E-state index >= 15 is 0 Å². The van der Waals surface area contributed by atoms with Crippen LogP contribution in [0.1, 0.15) is 58.3 Å². The molecule has 0 N–H and O–H groups in total. The quantitative estimate of drug-likeness (QED) is 0.355. The zero-order valence-corrected chi connectivity index (χ0v) is 18.1. The van der Waals surface area contributed by atoms with Gasteiger partial charge < -0.3 is 9.47 Å². The first-order valence-corrected chi connectivity index (χ1v) is 12.0. The average molecular weight is 441 g/mol. The van der Waals surface area contributed by atoms with Gasteiger partial charge in [-0.2, -0.15) is 24.9 Å². The summed E-state index contributed by atoms with van der Waals surface area (Å²) in [6.45, 7) is 3.32. The highest BCUT2D eigenvalue weighted by Gasteiger charge is 2.41. The Balaban J connectivity index is 1.35. The summed E-state index contributed by atoms with van der Waals surface area (Å²) in [5.41, 5.74) is 0.999. The maximum atomic E-state index is 12.8. The van der Waals surface area contributed by atoms with Crippen LogP contribution in [0.15, 0.2) is 11.6 Å². The molecule has 0 aromatic carbocycles. The Kier molecular flexibility index (Phi) is 8.46. The van der Waals surface area contributed by atoms with Crippen LogP contribution in [0.4, 0.5) is 13.2 Å². The van der Waals surface area contributed by atoms with Crippen molar-refractivity contribution in [2.24, 2.45) is 17.8 Å². The first-order valence-electron chi connectivity index (χ1n) is 10.5. The van der Waals surface area contributed by atoms with Crippen molar-refractivity contribution in [2.45, 2.75) is 81.4 Å². The molecule has 2 nitrogen and oxygen atoms in total. The number of hydrogen-bond acceptors (Lipinski definition) is 3. The molecule has 7 heteroatoms. The largest absolute Gasteiger partial charge is 0.391 e. The van der Waals surface area contributed by atoms with Gasteiger partial charge in [0.05, 0.1) is 24.4 Å². The molecule has 0 radical (unpaired) electrons. The number of alkyl halides is 4. The maximum Gasteiger partial charge on any atom is 0.391 e. The van der Waals surface area contributed by atoms with Gasteiger partial charge in [0, 0.05) is 5.38 Å². The number of thioether (sulfide) groups is 1. The van der Waals surface area contributed by atoms with E-state index in [1.807, 2.05) is 18.7 Å². The van der Waals surface area contributed by atoms with E-state index in [1.54, 1.807) is 0 Å². The van der Waals surface area contributed by atoms with Gasteiger partial charge in [0.1, 0.15) is 0 Å². The zero-order chi connectivity index (χ0) is 20.1. The highest BCUT2D eigenvalue weighted by molar-refractivity contribution is 7.99. The van der Waals surface area contributed by atoms with Gasteiger partial charge >= 0.3 is 6.18 Å². The van der Waals surface area contributed by atoms with E-state index in [1.165, 1.54) is 12.8 Å². The van der Waals surface area contributed by atoms with Crippen LogP contribution in [0.3, 0.4) is 0 Å². The van der Waals surface area contributed by atoms with E-state index in [9.17, 15) is 13.2 Å². The molecule has 2 aliphatic carbocycles. The third kappa shape index (κ3) is 6.82. The highest BCUT2D eigenvalue weighted by atomic mass is 35.5. The lowest BCUT2D eigenvalue weighted by molar-refractivity contribution is -0.183. The van der Waals surface area contributed by atoms with Gasteiger partial charge in [-0.1, -0.05) is 6.08 Å². The molecule has 3 aliphatic rings. The fourth-order valence-corrected chi connectivity index (χ4v) is 5.95. The third-order valence-electron chi connectivity index (χ3n) is 6.32. The van der Waals surface area contributed by atoms with Crippen molar-refractivity contribution >= 4 is 23.4 Å². The number of rotatable bonds is 5. The smallest absolute Gasteiger partial charge is 0.347 e. The molecule has 1 saturated heterocycles. The Bertz CT molecular complexity index is 504. The second-order valence-corrected chi connectivity index (χ2v) is 10.6. The lowest BCUT2D eigenvalue weighted by Crippen LogP contribution is -2.35. The molecule has 3 fully saturated rings. The number of halogens is 4. The summed E-state index contributed by atoms with van der Waals surface area (Å²) in [5, 5.41) is 0.724.